The van der Waals surface area contributed by atoms with Gasteiger partial charge in [-0.15, -0.1) is 0 Å². The number of amides is 1. The van der Waals surface area contributed by atoms with Gasteiger partial charge < -0.3 is 4.74 Å². The molecular formula is C20H33N2O4S. The van der Waals surface area contributed by atoms with Gasteiger partial charge in [0.05, 0.1) is 6.61 Å². The van der Waals surface area contributed by atoms with Crippen molar-refractivity contribution < 1.29 is 17.9 Å². The predicted molar refractivity (Wildman–Crippen MR) is 109 cm³/mol. The van der Waals surface area contributed by atoms with E-state index in [4.69, 9.17) is 4.74 Å². The molecule has 6 nitrogen and oxygen atoms in total. The molecular weight excluding hydrogens is 364 g/mol. The maximum absolute atomic E-state index is 11.3. The van der Waals surface area contributed by atoms with E-state index >= 15 is 0 Å². The number of hydrogen-bond acceptors (Lipinski definition) is 4. The minimum atomic E-state index is -3.82. The second-order valence-corrected chi connectivity index (χ2v) is 9.49. The minimum absolute atomic E-state index is 0.0273. The van der Waals surface area contributed by atoms with Crippen molar-refractivity contribution >= 4 is 16.6 Å². The third-order valence-corrected chi connectivity index (χ3v) is 6.24. The topological polar surface area (TPSA) is 84.5 Å². The van der Waals surface area contributed by atoms with Crippen LogP contribution >= 0.6 is 0 Å². The SMILES string of the molecule is CCC(C)(C)c1ccc(OCCCNS(=O)(=O)N[C]=O)c(C(C)(C)CC)c1. The molecule has 0 unspecified atom stereocenters. The maximum atomic E-state index is 11.3. The van der Waals surface area contributed by atoms with Crippen LogP contribution in [-0.2, 0) is 25.8 Å². The summed E-state index contributed by atoms with van der Waals surface area (Å²) in [6, 6.07) is 6.38. The van der Waals surface area contributed by atoms with Gasteiger partial charge in [0.1, 0.15) is 5.75 Å². The summed E-state index contributed by atoms with van der Waals surface area (Å²) in [5.74, 6) is 0.833. The molecule has 2 N–H and O–H groups in total. The van der Waals surface area contributed by atoms with Crippen LogP contribution in [0.5, 0.6) is 5.75 Å². The first kappa shape index (κ1) is 23.4. The Morgan fingerprint density at radius 3 is 2.26 bits per heavy atom. The molecule has 0 bridgehead atoms. The van der Waals surface area contributed by atoms with Crippen LogP contribution in [0, 0.1) is 0 Å². The van der Waals surface area contributed by atoms with Gasteiger partial charge in [-0.05, 0) is 41.7 Å². The molecule has 7 heteroatoms. The van der Waals surface area contributed by atoms with Gasteiger partial charge in [-0.2, -0.15) is 13.1 Å². The molecule has 0 saturated heterocycles. The standard InChI is InChI=1S/C20H33N2O4S/c1-7-19(3,4)16-10-11-18(17(14-16)20(5,6)8-2)26-13-9-12-21-27(24,25)22-15-23/h10-11,14,21H,7-9,12-13H2,1-6H3,(H,22,23). The smallest absolute Gasteiger partial charge is 0.324 e. The molecule has 0 aliphatic carbocycles. The number of benzene rings is 1. The van der Waals surface area contributed by atoms with Crippen LogP contribution < -0.4 is 14.2 Å². The van der Waals surface area contributed by atoms with Crippen molar-refractivity contribution in [3.05, 3.63) is 29.3 Å². The molecule has 0 spiro atoms. The summed E-state index contributed by atoms with van der Waals surface area (Å²) >= 11 is 0. The van der Waals surface area contributed by atoms with Crippen LogP contribution in [0.15, 0.2) is 18.2 Å². The number of ether oxygens (including phenoxy) is 1. The number of hydrogen-bond donors (Lipinski definition) is 2. The van der Waals surface area contributed by atoms with Crippen molar-refractivity contribution in [2.75, 3.05) is 13.2 Å². The quantitative estimate of drug-likeness (QED) is 0.419. The number of carbonyl (C=O) groups excluding carboxylic acids is 1. The van der Waals surface area contributed by atoms with Crippen molar-refractivity contribution in [2.24, 2.45) is 0 Å². The number of nitrogens with one attached hydrogen (secondary N) is 2. The van der Waals surface area contributed by atoms with Gasteiger partial charge >= 0.3 is 16.6 Å². The second-order valence-electron chi connectivity index (χ2n) is 7.99. The fourth-order valence-electron chi connectivity index (χ4n) is 2.55. The zero-order valence-electron chi connectivity index (χ0n) is 17.3. The molecule has 0 aromatic heterocycles. The van der Waals surface area contributed by atoms with E-state index in [0.29, 0.717) is 13.0 Å². The lowest BCUT2D eigenvalue weighted by atomic mass is 9.76. The van der Waals surface area contributed by atoms with Crippen molar-refractivity contribution in [3.8, 4) is 5.75 Å². The third kappa shape index (κ3) is 6.81. The van der Waals surface area contributed by atoms with Gasteiger partial charge in [0.25, 0.3) is 0 Å². The van der Waals surface area contributed by atoms with Gasteiger partial charge in [-0.1, -0.05) is 53.7 Å². The van der Waals surface area contributed by atoms with Gasteiger partial charge in [0.2, 0.25) is 0 Å². The molecule has 27 heavy (non-hydrogen) atoms. The van der Waals surface area contributed by atoms with Crippen molar-refractivity contribution in [1.82, 2.24) is 9.44 Å². The van der Waals surface area contributed by atoms with Crippen molar-refractivity contribution in [3.63, 3.8) is 0 Å². The first-order valence-electron chi connectivity index (χ1n) is 9.40. The summed E-state index contributed by atoms with van der Waals surface area (Å²) in [6.45, 7) is 13.8. The Balaban J connectivity index is 2.87. The monoisotopic (exact) mass is 397 g/mol. The summed E-state index contributed by atoms with van der Waals surface area (Å²) in [7, 11) is -3.82. The summed E-state index contributed by atoms with van der Waals surface area (Å²) in [5.41, 5.74) is 2.53. The Morgan fingerprint density at radius 1 is 1.07 bits per heavy atom. The van der Waals surface area contributed by atoms with Crippen LogP contribution in [0.2, 0.25) is 0 Å². The largest absolute Gasteiger partial charge is 0.493 e. The molecule has 0 fully saturated rings. The fourth-order valence-corrected chi connectivity index (χ4v) is 3.15. The van der Waals surface area contributed by atoms with Crippen LogP contribution in [0.3, 0.4) is 0 Å². The van der Waals surface area contributed by atoms with E-state index in [1.165, 1.54) is 11.1 Å². The molecule has 0 saturated carbocycles. The van der Waals surface area contributed by atoms with E-state index in [0.717, 1.165) is 25.0 Å². The zero-order valence-corrected chi connectivity index (χ0v) is 18.1. The minimum Gasteiger partial charge on any atom is -0.493 e. The molecule has 0 aliphatic rings. The summed E-state index contributed by atoms with van der Waals surface area (Å²) in [4.78, 5) is 10.1. The number of rotatable bonds is 12. The third-order valence-electron chi connectivity index (χ3n) is 5.30. The van der Waals surface area contributed by atoms with Crippen molar-refractivity contribution in [2.45, 2.75) is 71.6 Å². The van der Waals surface area contributed by atoms with E-state index in [9.17, 15) is 13.2 Å². The summed E-state index contributed by atoms with van der Waals surface area (Å²) in [6.07, 6.45) is 3.65. The van der Waals surface area contributed by atoms with Gasteiger partial charge in [-0.25, -0.2) is 4.72 Å². The molecule has 0 heterocycles. The van der Waals surface area contributed by atoms with E-state index in [-0.39, 0.29) is 17.4 Å². The lowest BCUT2D eigenvalue weighted by Crippen LogP contribution is -2.36. The lowest BCUT2D eigenvalue weighted by Gasteiger charge is -2.30. The summed E-state index contributed by atoms with van der Waals surface area (Å²) in [5, 5.41) is 0. The van der Waals surface area contributed by atoms with E-state index in [2.05, 4.69) is 58.4 Å². The predicted octanol–water partition coefficient (Wildman–Crippen LogP) is 3.32. The highest BCUT2D eigenvalue weighted by atomic mass is 32.2. The Kier molecular flexibility index (Phi) is 8.29. The van der Waals surface area contributed by atoms with Gasteiger partial charge in [-0.3, -0.25) is 4.79 Å². The molecule has 1 radical (unpaired) electrons. The van der Waals surface area contributed by atoms with Crippen LogP contribution in [-0.4, -0.2) is 28.0 Å². The Morgan fingerprint density at radius 2 is 1.70 bits per heavy atom. The molecule has 1 aromatic carbocycles. The van der Waals surface area contributed by atoms with Crippen molar-refractivity contribution in [1.29, 1.82) is 0 Å². The Bertz CT molecular complexity index is 727. The maximum Gasteiger partial charge on any atom is 0.324 e. The zero-order chi connectivity index (χ0) is 20.7. The summed E-state index contributed by atoms with van der Waals surface area (Å²) < 4.78 is 32.5. The molecule has 1 amide bonds. The first-order valence-corrected chi connectivity index (χ1v) is 10.9. The van der Waals surface area contributed by atoms with Crippen LogP contribution in [0.1, 0.15) is 71.9 Å². The van der Waals surface area contributed by atoms with Crippen LogP contribution in [0.4, 0.5) is 0 Å². The van der Waals surface area contributed by atoms with Gasteiger partial charge in [0, 0.05) is 12.1 Å². The normalized spacial score (nSPS) is 12.7. The highest BCUT2D eigenvalue weighted by molar-refractivity contribution is 7.88. The second kappa shape index (κ2) is 9.55. The highest BCUT2D eigenvalue weighted by Crippen LogP contribution is 2.38. The Labute approximate surface area is 164 Å². The van der Waals surface area contributed by atoms with Crippen LogP contribution in [0.25, 0.3) is 0 Å². The van der Waals surface area contributed by atoms with E-state index in [1.54, 1.807) is 4.72 Å². The molecule has 153 valence electrons. The molecule has 1 aromatic rings. The fraction of sp³-hybridized carbons (Fsp3) is 0.650. The Hall–Kier alpha value is -1.60. The average Bonchev–Trinajstić information content (AvgIpc) is 2.61. The lowest BCUT2D eigenvalue weighted by molar-refractivity contribution is 0.300. The van der Waals surface area contributed by atoms with E-state index < -0.39 is 10.2 Å². The molecule has 0 atom stereocenters. The van der Waals surface area contributed by atoms with Gasteiger partial charge in [0.15, 0.2) is 0 Å². The molecule has 0 aliphatic heterocycles. The first-order chi connectivity index (χ1) is 12.5. The average molecular weight is 398 g/mol. The molecule has 1 rings (SSSR count). The van der Waals surface area contributed by atoms with E-state index in [1.807, 2.05) is 6.07 Å². The highest BCUT2D eigenvalue weighted by Gasteiger charge is 2.26.